The van der Waals surface area contributed by atoms with Crippen molar-refractivity contribution in [1.82, 2.24) is 9.97 Å². The van der Waals surface area contributed by atoms with Crippen molar-refractivity contribution in [2.45, 2.75) is 10.1 Å². The maximum Gasteiger partial charge on any atom is 0.170 e. The van der Waals surface area contributed by atoms with Crippen LogP contribution in [-0.4, -0.2) is 9.97 Å². The van der Waals surface area contributed by atoms with Crippen LogP contribution in [-0.2, 0) is 0 Å². The first kappa shape index (κ1) is 10.1. The fourth-order valence-electron chi connectivity index (χ4n) is 1.07. The van der Waals surface area contributed by atoms with Crippen molar-refractivity contribution in [2.75, 3.05) is 0 Å². The molecule has 5 heteroatoms. The molecule has 1 heterocycles. The van der Waals surface area contributed by atoms with Gasteiger partial charge in [0.1, 0.15) is 6.07 Å². The number of hydrogen-bond donors (Lipinski definition) is 1. The van der Waals surface area contributed by atoms with Crippen LogP contribution in [0.3, 0.4) is 0 Å². The molecule has 0 amide bonds. The van der Waals surface area contributed by atoms with E-state index in [4.69, 9.17) is 16.9 Å². The summed E-state index contributed by atoms with van der Waals surface area (Å²) in [7, 11) is 0. The van der Waals surface area contributed by atoms with Gasteiger partial charge in [0, 0.05) is 17.3 Å². The molecule has 3 nitrogen and oxygen atoms in total. The fourth-order valence-corrected chi connectivity index (χ4v) is 2.13. The van der Waals surface area contributed by atoms with Gasteiger partial charge in [0.05, 0.1) is 10.6 Å². The Kier molecular flexibility index (Phi) is 2.95. The molecule has 0 aliphatic carbocycles. The first-order valence-electron chi connectivity index (χ1n) is 4.16. The molecule has 0 spiro atoms. The molecule has 15 heavy (non-hydrogen) atoms. The van der Waals surface area contributed by atoms with Gasteiger partial charge in [0.2, 0.25) is 0 Å². The average Bonchev–Trinajstić information content (AvgIpc) is 2.71. The van der Waals surface area contributed by atoms with Gasteiger partial charge in [-0.25, -0.2) is 4.98 Å². The smallest absolute Gasteiger partial charge is 0.170 e. The summed E-state index contributed by atoms with van der Waals surface area (Å²) in [5.74, 6) is 0. The van der Waals surface area contributed by atoms with Crippen LogP contribution in [0.1, 0.15) is 5.56 Å². The zero-order valence-electron chi connectivity index (χ0n) is 7.57. The summed E-state index contributed by atoms with van der Waals surface area (Å²) in [5.41, 5.74) is 0.487. The number of benzene rings is 1. The number of imidazole rings is 1. The van der Waals surface area contributed by atoms with Crippen LogP contribution in [0.2, 0.25) is 5.02 Å². The second-order valence-corrected chi connectivity index (χ2v) is 4.22. The van der Waals surface area contributed by atoms with Gasteiger partial charge in [-0.3, -0.25) is 0 Å². The Morgan fingerprint density at radius 2 is 2.33 bits per heavy atom. The van der Waals surface area contributed by atoms with Crippen LogP contribution < -0.4 is 0 Å². The quantitative estimate of drug-likeness (QED) is 0.870. The molecule has 0 aliphatic heterocycles. The van der Waals surface area contributed by atoms with Crippen molar-refractivity contribution in [3.05, 3.63) is 41.2 Å². The van der Waals surface area contributed by atoms with Gasteiger partial charge in [-0.15, -0.1) is 0 Å². The lowest BCUT2D eigenvalue weighted by Crippen LogP contribution is -1.79. The van der Waals surface area contributed by atoms with Crippen LogP contribution in [0.5, 0.6) is 0 Å². The standard InChI is InChI=1S/C10H6ClN3S/c11-9-5-8(2-1-7(9)6-12)15-10-13-3-4-14-10/h1-5H,(H,13,14). The van der Waals surface area contributed by atoms with Crippen molar-refractivity contribution in [2.24, 2.45) is 0 Å². The molecule has 0 radical (unpaired) electrons. The molecule has 0 saturated heterocycles. The second-order valence-electron chi connectivity index (χ2n) is 2.75. The summed E-state index contributed by atoms with van der Waals surface area (Å²) in [6.07, 6.45) is 3.45. The predicted molar refractivity (Wildman–Crippen MR) is 58.9 cm³/mol. The second kappa shape index (κ2) is 4.39. The normalized spacial score (nSPS) is 9.87. The van der Waals surface area contributed by atoms with E-state index < -0.39 is 0 Å². The molecule has 1 aromatic carbocycles. The van der Waals surface area contributed by atoms with Gasteiger partial charge >= 0.3 is 0 Å². The highest BCUT2D eigenvalue weighted by molar-refractivity contribution is 7.99. The van der Waals surface area contributed by atoms with Gasteiger partial charge in [-0.2, -0.15) is 5.26 Å². The van der Waals surface area contributed by atoms with E-state index in [1.54, 1.807) is 24.5 Å². The number of aromatic nitrogens is 2. The lowest BCUT2D eigenvalue weighted by atomic mass is 10.2. The monoisotopic (exact) mass is 235 g/mol. The van der Waals surface area contributed by atoms with Gasteiger partial charge < -0.3 is 4.98 Å². The summed E-state index contributed by atoms with van der Waals surface area (Å²) in [6, 6.07) is 7.32. The van der Waals surface area contributed by atoms with Gasteiger partial charge in [0.15, 0.2) is 5.16 Å². The third-order valence-corrected chi connectivity index (χ3v) is 2.97. The lowest BCUT2D eigenvalue weighted by molar-refractivity contribution is 1.06. The maximum absolute atomic E-state index is 8.71. The minimum Gasteiger partial charge on any atom is -0.339 e. The highest BCUT2D eigenvalue weighted by Gasteiger charge is 2.03. The van der Waals surface area contributed by atoms with Gasteiger partial charge in [-0.05, 0) is 18.2 Å². The van der Waals surface area contributed by atoms with E-state index in [0.29, 0.717) is 10.6 Å². The molecule has 0 bridgehead atoms. The lowest BCUT2D eigenvalue weighted by Gasteiger charge is -1.99. The molecule has 0 fully saturated rings. The highest BCUT2D eigenvalue weighted by atomic mass is 35.5. The van der Waals surface area contributed by atoms with E-state index in [2.05, 4.69) is 9.97 Å². The molecule has 0 saturated carbocycles. The first-order chi connectivity index (χ1) is 7.29. The van der Waals surface area contributed by atoms with Crippen LogP contribution in [0.4, 0.5) is 0 Å². The SMILES string of the molecule is N#Cc1ccc(Sc2ncc[nH]2)cc1Cl. The summed E-state index contributed by atoms with van der Waals surface area (Å²) in [6.45, 7) is 0. The van der Waals surface area contributed by atoms with Crippen molar-refractivity contribution < 1.29 is 0 Å². The Bertz CT molecular complexity index is 502. The van der Waals surface area contributed by atoms with Gasteiger partial charge in [-0.1, -0.05) is 23.4 Å². The van der Waals surface area contributed by atoms with Crippen molar-refractivity contribution in [3.8, 4) is 6.07 Å². The van der Waals surface area contributed by atoms with Crippen molar-refractivity contribution >= 4 is 23.4 Å². The van der Waals surface area contributed by atoms with E-state index in [0.717, 1.165) is 10.1 Å². The minimum absolute atomic E-state index is 0.467. The predicted octanol–water partition coefficient (Wildman–Crippen LogP) is 3.09. The molecule has 2 rings (SSSR count). The van der Waals surface area contributed by atoms with Crippen LogP contribution in [0.25, 0.3) is 0 Å². The Morgan fingerprint density at radius 3 is 2.93 bits per heavy atom. The van der Waals surface area contributed by atoms with E-state index in [-0.39, 0.29) is 0 Å². The van der Waals surface area contributed by atoms with E-state index in [1.165, 1.54) is 11.8 Å². The number of nitrogens with one attached hydrogen (secondary N) is 1. The van der Waals surface area contributed by atoms with E-state index in [9.17, 15) is 0 Å². The summed E-state index contributed by atoms with van der Waals surface area (Å²) in [5, 5.41) is 9.97. The third kappa shape index (κ3) is 2.32. The fraction of sp³-hybridized carbons (Fsp3) is 0. The highest BCUT2D eigenvalue weighted by Crippen LogP contribution is 2.28. The topological polar surface area (TPSA) is 52.5 Å². The van der Waals surface area contributed by atoms with Crippen molar-refractivity contribution in [1.29, 1.82) is 5.26 Å². The number of nitriles is 1. The number of hydrogen-bond acceptors (Lipinski definition) is 3. The third-order valence-electron chi connectivity index (χ3n) is 1.75. The van der Waals surface area contributed by atoms with Gasteiger partial charge in [0.25, 0.3) is 0 Å². The number of rotatable bonds is 2. The molecule has 2 aromatic rings. The molecule has 74 valence electrons. The van der Waals surface area contributed by atoms with Crippen molar-refractivity contribution in [3.63, 3.8) is 0 Å². The molecule has 1 N–H and O–H groups in total. The number of aromatic amines is 1. The zero-order chi connectivity index (χ0) is 10.7. The first-order valence-corrected chi connectivity index (χ1v) is 5.36. The molecular formula is C10H6ClN3S. The summed E-state index contributed by atoms with van der Waals surface area (Å²) >= 11 is 7.37. The number of nitrogens with zero attached hydrogens (tertiary/aromatic N) is 2. The van der Waals surface area contributed by atoms with E-state index in [1.807, 2.05) is 12.1 Å². The van der Waals surface area contributed by atoms with E-state index >= 15 is 0 Å². The number of H-pyrrole nitrogens is 1. The maximum atomic E-state index is 8.71. The molecule has 1 aromatic heterocycles. The summed E-state index contributed by atoms with van der Waals surface area (Å²) < 4.78 is 0. The van der Waals surface area contributed by atoms with Crippen LogP contribution >= 0.6 is 23.4 Å². The van der Waals surface area contributed by atoms with Crippen LogP contribution in [0.15, 0.2) is 40.6 Å². The number of halogens is 1. The Balaban J connectivity index is 2.24. The zero-order valence-corrected chi connectivity index (χ0v) is 9.14. The summed E-state index contributed by atoms with van der Waals surface area (Å²) in [4.78, 5) is 8.01. The minimum atomic E-state index is 0.467. The molecule has 0 unspecified atom stereocenters. The molecule has 0 aliphatic rings. The largest absolute Gasteiger partial charge is 0.339 e. The van der Waals surface area contributed by atoms with Crippen LogP contribution in [0, 0.1) is 11.3 Å². The Labute approximate surface area is 96.1 Å². The Hall–Kier alpha value is -1.44. The molecule has 0 atom stereocenters. The Morgan fingerprint density at radius 1 is 1.47 bits per heavy atom. The average molecular weight is 236 g/mol. The molecular weight excluding hydrogens is 230 g/mol.